The number of carbonyl (C=O) groups excluding carboxylic acids is 1. The van der Waals surface area contributed by atoms with Gasteiger partial charge in [0.25, 0.3) is 0 Å². The number of Topliss-reactive ketones (excluding diaryl/α,β-unsaturated/α-hetero) is 1. The van der Waals surface area contributed by atoms with Crippen molar-refractivity contribution in [1.82, 2.24) is 0 Å². The monoisotopic (exact) mass is 243 g/mol. The lowest BCUT2D eigenvalue weighted by Gasteiger charge is -2.11. The number of nitrogens with zero attached hydrogens (tertiary/aromatic N) is 1. The Morgan fingerprint density at radius 1 is 1.33 bits per heavy atom. The van der Waals surface area contributed by atoms with E-state index in [9.17, 15) is 4.79 Å². The van der Waals surface area contributed by atoms with E-state index in [-0.39, 0.29) is 5.78 Å². The second-order valence-electron chi connectivity index (χ2n) is 5.20. The molecule has 2 heteroatoms. The highest BCUT2D eigenvalue weighted by Crippen LogP contribution is 2.16. The summed E-state index contributed by atoms with van der Waals surface area (Å²) < 4.78 is 0. The van der Waals surface area contributed by atoms with Gasteiger partial charge in [0, 0.05) is 6.42 Å². The fraction of sp³-hybridized carbons (Fsp3) is 0.500. The van der Waals surface area contributed by atoms with Gasteiger partial charge >= 0.3 is 0 Å². The predicted octanol–water partition coefficient (Wildman–Crippen LogP) is 3.68. The molecule has 1 rings (SSSR count). The molecule has 2 nitrogen and oxygen atoms in total. The SMILES string of the molecule is Cc1ccccc1CCC(=O)C(C#N)CC(C)C. The highest BCUT2D eigenvalue weighted by molar-refractivity contribution is 5.83. The third-order valence-corrected chi connectivity index (χ3v) is 3.15. The van der Waals surface area contributed by atoms with Crippen molar-refractivity contribution in [2.45, 2.75) is 40.0 Å². The highest BCUT2D eigenvalue weighted by atomic mass is 16.1. The Kier molecular flexibility index (Phi) is 5.58. The first-order chi connectivity index (χ1) is 8.54. The topological polar surface area (TPSA) is 40.9 Å². The molecule has 18 heavy (non-hydrogen) atoms. The fourth-order valence-electron chi connectivity index (χ4n) is 2.05. The van der Waals surface area contributed by atoms with Gasteiger partial charge in [0.1, 0.15) is 11.7 Å². The minimum Gasteiger partial charge on any atom is -0.298 e. The molecule has 0 amide bonds. The van der Waals surface area contributed by atoms with Crippen LogP contribution in [-0.4, -0.2) is 5.78 Å². The largest absolute Gasteiger partial charge is 0.298 e. The van der Waals surface area contributed by atoms with Gasteiger partial charge in [-0.05, 0) is 36.8 Å². The van der Waals surface area contributed by atoms with Crippen molar-refractivity contribution in [1.29, 1.82) is 5.26 Å². The molecular formula is C16H21NO. The van der Waals surface area contributed by atoms with Gasteiger partial charge in [-0.3, -0.25) is 4.79 Å². The number of rotatable bonds is 6. The Morgan fingerprint density at radius 2 is 2.00 bits per heavy atom. The number of nitriles is 1. The predicted molar refractivity (Wildman–Crippen MR) is 73.1 cm³/mol. The Hall–Kier alpha value is -1.62. The molecular weight excluding hydrogens is 222 g/mol. The molecule has 0 aliphatic heterocycles. The van der Waals surface area contributed by atoms with Crippen LogP contribution in [0.4, 0.5) is 0 Å². The van der Waals surface area contributed by atoms with E-state index in [4.69, 9.17) is 5.26 Å². The van der Waals surface area contributed by atoms with E-state index in [1.54, 1.807) is 0 Å². The van der Waals surface area contributed by atoms with Crippen LogP contribution in [0.25, 0.3) is 0 Å². The summed E-state index contributed by atoms with van der Waals surface area (Å²) in [5.41, 5.74) is 2.41. The summed E-state index contributed by atoms with van der Waals surface area (Å²) in [5, 5.41) is 9.03. The summed E-state index contributed by atoms with van der Waals surface area (Å²) in [6.45, 7) is 6.13. The minimum atomic E-state index is -0.436. The lowest BCUT2D eigenvalue weighted by Crippen LogP contribution is -2.15. The molecule has 0 spiro atoms. The lowest BCUT2D eigenvalue weighted by molar-refractivity contribution is -0.121. The maximum atomic E-state index is 12.0. The number of carbonyl (C=O) groups is 1. The second kappa shape index (κ2) is 6.96. The first-order valence-electron chi connectivity index (χ1n) is 6.51. The van der Waals surface area contributed by atoms with Gasteiger partial charge in [0.2, 0.25) is 0 Å². The van der Waals surface area contributed by atoms with Gasteiger partial charge < -0.3 is 0 Å². The Bertz CT molecular complexity index is 443. The first-order valence-corrected chi connectivity index (χ1v) is 6.51. The molecule has 0 aromatic heterocycles. The van der Waals surface area contributed by atoms with Gasteiger partial charge in [-0.15, -0.1) is 0 Å². The van der Waals surface area contributed by atoms with E-state index >= 15 is 0 Å². The zero-order valence-corrected chi connectivity index (χ0v) is 11.4. The van der Waals surface area contributed by atoms with Crippen molar-refractivity contribution in [3.05, 3.63) is 35.4 Å². The van der Waals surface area contributed by atoms with E-state index in [1.165, 1.54) is 11.1 Å². The van der Waals surface area contributed by atoms with Crippen molar-refractivity contribution in [2.24, 2.45) is 11.8 Å². The maximum absolute atomic E-state index is 12.0. The minimum absolute atomic E-state index is 0.0782. The summed E-state index contributed by atoms with van der Waals surface area (Å²) >= 11 is 0. The molecule has 0 heterocycles. The summed E-state index contributed by atoms with van der Waals surface area (Å²) in [6, 6.07) is 10.2. The zero-order chi connectivity index (χ0) is 13.5. The summed E-state index contributed by atoms with van der Waals surface area (Å²) in [6.07, 6.45) is 1.88. The van der Waals surface area contributed by atoms with Crippen LogP contribution in [0.15, 0.2) is 24.3 Å². The normalized spacial score (nSPS) is 12.2. The molecule has 1 atom stereocenters. The lowest BCUT2D eigenvalue weighted by atomic mass is 9.91. The Morgan fingerprint density at radius 3 is 2.56 bits per heavy atom. The van der Waals surface area contributed by atoms with Gasteiger partial charge in [-0.1, -0.05) is 38.1 Å². The van der Waals surface area contributed by atoms with Crippen molar-refractivity contribution in [2.75, 3.05) is 0 Å². The highest BCUT2D eigenvalue weighted by Gasteiger charge is 2.18. The molecule has 0 aliphatic rings. The van der Waals surface area contributed by atoms with E-state index in [2.05, 4.69) is 19.1 Å². The van der Waals surface area contributed by atoms with Crippen LogP contribution in [0.2, 0.25) is 0 Å². The van der Waals surface area contributed by atoms with Crippen LogP contribution >= 0.6 is 0 Å². The molecule has 0 radical (unpaired) electrons. The number of aryl methyl sites for hydroxylation is 2. The van der Waals surface area contributed by atoms with Gasteiger partial charge in [-0.25, -0.2) is 0 Å². The average molecular weight is 243 g/mol. The number of ketones is 1. The summed E-state index contributed by atoms with van der Waals surface area (Å²) in [5.74, 6) is 0.0283. The Balaban J connectivity index is 2.55. The molecule has 0 aliphatic carbocycles. The fourth-order valence-corrected chi connectivity index (χ4v) is 2.05. The van der Waals surface area contributed by atoms with Gasteiger partial charge in [0.15, 0.2) is 0 Å². The quantitative estimate of drug-likeness (QED) is 0.764. The first kappa shape index (κ1) is 14.4. The van der Waals surface area contributed by atoms with E-state index in [0.717, 1.165) is 6.42 Å². The van der Waals surface area contributed by atoms with Crippen molar-refractivity contribution >= 4 is 5.78 Å². The molecule has 96 valence electrons. The zero-order valence-electron chi connectivity index (χ0n) is 11.4. The van der Waals surface area contributed by atoms with Crippen molar-refractivity contribution in [3.8, 4) is 6.07 Å². The van der Waals surface area contributed by atoms with E-state index in [0.29, 0.717) is 18.8 Å². The van der Waals surface area contributed by atoms with Crippen molar-refractivity contribution < 1.29 is 4.79 Å². The molecule has 0 N–H and O–H groups in total. The van der Waals surface area contributed by atoms with E-state index < -0.39 is 5.92 Å². The van der Waals surface area contributed by atoms with Crippen LogP contribution in [0, 0.1) is 30.1 Å². The molecule has 0 bridgehead atoms. The van der Waals surface area contributed by atoms with Crippen LogP contribution < -0.4 is 0 Å². The molecule has 1 unspecified atom stereocenters. The number of hydrogen-bond acceptors (Lipinski definition) is 2. The molecule has 1 aromatic rings. The molecule has 0 saturated carbocycles. The van der Waals surface area contributed by atoms with Crippen LogP contribution in [0.3, 0.4) is 0 Å². The maximum Gasteiger partial charge on any atom is 0.150 e. The molecule has 1 aromatic carbocycles. The molecule has 0 saturated heterocycles. The smallest absolute Gasteiger partial charge is 0.150 e. The van der Waals surface area contributed by atoms with Crippen LogP contribution in [0.5, 0.6) is 0 Å². The van der Waals surface area contributed by atoms with E-state index in [1.807, 2.05) is 32.0 Å². The number of hydrogen-bond donors (Lipinski definition) is 0. The number of benzene rings is 1. The van der Waals surface area contributed by atoms with Gasteiger partial charge in [0.05, 0.1) is 6.07 Å². The van der Waals surface area contributed by atoms with Gasteiger partial charge in [-0.2, -0.15) is 5.26 Å². The van der Waals surface area contributed by atoms with Crippen LogP contribution in [0.1, 0.15) is 37.8 Å². The summed E-state index contributed by atoms with van der Waals surface area (Å²) in [4.78, 5) is 12.0. The summed E-state index contributed by atoms with van der Waals surface area (Å²) in [7, 11) is 0. The third-order valence-electron chi connectivity index (χ3n) is 3.15. The van der Waals surface area contributed by atoms with Crippen LogP contribution in [-0.2, 0) is 11.2 Å². The molecule has 0 fully saturated rings. The second-order valence-corrected chi connectivity index (χ2v) is 5.20. The van der Waals surface area contributed by atoms with Crippen molar-refractivity contribution in [3.63, 3.8) is 0 Å². The standard InChI is InChI=1S/C16H21NO/c1-12(2)10-15(11-17)16(18)9-8-14-7-5-4-6-13(14)3/h4-7,12,15H,8-10H2,1-3H3. The Labute approximate surface area is 110 Å². The third kappa shape index (κ3) is 4.33. The average Bonchev–Trinajstić information content (AvgIpc) is 2.34.